The highest BCUT2D eigenvalue weighted by Crippen LogP contribution is 2.27. The van der Waals surface area contributed by atoms with Crippen LogP contribution in [0.3, 0.4) is 0 Å². The predicted molar refractivity (Wildman–Crippen MR) is 49.3 cm³/mol. The third-order valence-electron chi connectivity index (χ3n) is 1.48. The molecule has 13 heavy (non-hydrogen) atoms. The van der Waals surface area contributed by atoms with Crippen molar-refractivity contribution in [2.45, 2.75) is 20.0 Å². The summed E-state index contributed by atoms with van der Waals surface area (Å²) in [6.45, 7) is 3.71. The van der Waals surface area contributed by atoms with Crippen LogP contribution in [-0.2, 0) is 0 Å². The van der Waals surface area contributed by atoms with E-state index in [0.717, 1.165) is 0 Å². The van der Waals surface area contributed by atoms with Gasteiger partial charge in [0.15, 0.2) is 11.5 Å². The quantitative estimate of drug-likeness (QED) is 0.723. The molecule has 0 heterocycles. The number of hydrogen-bond donors (Lipinski definition) is 1. The highest BCUT2D eigenvalue weighted by atomic mass is 16.5. The van der Waals surface area contributed by atoms with Crippen molar-refractivity contribution in [1.82, 2.24) is 0 Å². The van der Waals surface area contributed by atoms with Crippen molar-refractivity contribution in [1.29, 1.82) is 0 Å². The number of benzene rings is 1. The number of carbonyl (C=O) groups excluding carboxylic acids is 1. The number of phenolic OH excluding ortho intramolecular Hbond substituents is 1. The molecular weight excluding hydrogens is 168 g/mol. The van der Waals surface area contributed by atoms with Gasteiger partial charge in [-0.2, -0.15) is 0 Å². The Balaban J connectivity index is 2.96. The largest absolute Gasteiger partial charge is 0.504 e. The van der Waals surface area contributed by atoms with Crippen LogP contribution in [0.4, 0.5) is 0 Å². The fraction of sp³-hybridized carbons (Fsp3) is 0.300. The average Bonchev–Trinajstić information content (AvgIpc) is 2.08. The molecule has 0 atom stereocenters. The molecule has 0 bridgehead atoms. The van der Waals surface area contributed by atoms with Crippen molar-refractivity contribution in [2.24, 2.45) is 0 Å². The highest BCUT2D eigenvalue weighted by molar-refractivity contribution is 5.76. The van der Waals surface area contributed by atoms with Crippen LogP contribution < -0.4 is 4.74 Å². The Morgan fingerprint density at radius 3 is 2.69 bits per heavy atom. The Morgan fingerprint density at radius 2 is 2.15 bits per heavy atom. The lowest BCUT2D eigenvalue weighted by Crippen LogP contribution is -2.05. The van der Waals surface area contributed by atoms with Crippen LogP contribution in [0.2, 0.25) is 0 Å². The molecule has 3 nitrogen and oxygen atoms in total. The monoisotopic (exact) mass is 180 g/mol. The molecule has 0 unspecified atom stereocenters. The Morgan fingerprint density at radius 1 is 1.46 bits per heavy atom. The molecule has 0 amide bonds. The maximum absolute atomic E-state index is 10.4. The minimum atomic E-state index is -0.0206. The van der Waals surface area contributed by atoms with Crippen LogP contribution in [0, 0.1) is 0 Å². The van der Waals surface area contributed by atoms with Gasteiger partial charge in [-0.1, -0.05) is 0 Å². The summed E-state index contributed by atoms with van der Waals surface area (Å²) in [5, 5.41) is 9.34. The lowest BCUT2D eigenvalue weighted by molar-refractivity contribution is 0.112. The minimum absolute atomic E-state index is 0.0206. The van der Waals surface area contributed by atoms with Crippen LogP contribution in [0.25, 0.3) is 0 Å². The van der Waals surface area contributed by atoms with E-state index in [2.05, 4.69) is 0 Å². The Bertz CT molecular complexity index is 305. The maximum Gasteiger partial charge on any atom is 0.162 e. The summed E-state index contributed by atoms with van der Waals surface area (Å²) in [5.41, 5.74) is 0.494. The summed E-state index contributed by atoms with van der Waals surface area (Å²) in [6.07, 6.45) is 0.694. The fourth-order valence-electron chi connectivity index (χ4n) is 0.952. The third kappa shape index (κ3) is 2.47. The van der Waals surface area contributed by atoms with Gasteiger partial charge in [-0.05, 0) is 32.0 Å². The molecule has 0 saturated heterocycles. The molecule has 1 aromatic rings. The molecule has 1 rings (SSSR count). The number of phenols is 1. The van der Waals surface area contributed by atoms with Gasteiger partial charge in [-0.25, -0.2) is 0 Å². The van der Waals surface area contributed by atoms with Gasteiger partial charge in [-0.3, -0.25) is 4.79 Å². The minimum Gasteiger partial charge on any atom is -0.504 e. The number of rotatable bonds is 3. The molecule has 0 aliphatic rings. The van der Waals surface area contributed by atoms with Gasteiger partial charge in [-0.15, -0.1) is 0 Å². The van der Waals surface area contributed by atoms with Crippen molar-refractivity contribution in [3.63, 3.8) is 0 Å². The first kappa shape index (κ1) is 9.58. The maximum atomic E-state index is 10.4. The molecule has 3 heteroatoms. The van der Waals surface area contributed by atoms with Gasteiger partial charge >= 0.3 is 0 Å². The van der Waals surface area contributed by atoms with E-state index >= 15 is 0 Å². The summed E-state index contributed by atoms with van der Waals surface area (Å²) in [7, 11) is 0. The molecule has 0 aliphatic carbocycles. The Hall–Kier alpha value is -1.51. The van der Waals surface area contributed by atoms with Crippen molar-refractivity contribution in [3.8, 4) is 11.5 Å². The van der Waals surface area contributed by atoms with E-state index in [4.69, 9.17) is 4.74 Å². The molecule has 0 spiro atoms. The molecular formula is C10H12O3. The zero-order valence-corrected chi connectivity index (χ0v) is 7.65. The smallest absolute Gasteiger partial charge is 0.162 e. The lowest BCUT2D eigenvalue weighted by Gasteiger charge is -2.11. The zero-order valence-electron chi connectivity index (χ0n) is 7.65. The molecule has 1 aromatic carbocycles. The van der Waals surface area contributed by atoms with E-state index in [9.17, 15) is 9.90 Å². The highest BCUT2D eigenvalue weighted by Gasteiger charge is 2.04. The molecule has 0 aromatic heterocycles. The van der Waals surface area contributed by atoms with E-state index in [-0.39, 0.29) is 11.9 Å². The van der Waals surface area contributed by atoms with Crippen molar-refractivity contribution >= 4 is 6.29 Å². The van der Waals surface area contributed by atoms with Crippen molar-refractivity contribution in [3.05, 3.63) is 23.8 Å². The summed E-state index contributed by atoms with van der Waals surface area (Å²) in [5.74, 6) is 0.402. The van der Waals surface area contributed by atoms with E-state index in [1.165, 1.54) is 18.2 Å². The first-order valence-corrected chi connectivity index (χ1v) is 4.08. The second kappa shape index (κ2) is 3.94. The molecule has 0 radical (unpaired) electrons. The van der Waals surface area contributed by atoms with E-state index < -0.39 is 0 Å². The topological polar surface area (TPSA) is 46.5 Å². The van der Waals surface area contributed by atoms with Crippen LogP contribution >= 0.6 is 0 Å². The first-order valence-electron chi connectivity index (χ1n) is 4.08. The summed E-state index contributed by atoms with van der Waals surface area (Å²) in [6, 6.07) is 4.50. The fourth-order valence-corrected chi connectivity index (χ4v) is 0.952. The summed E-state index contributed by atoms with van der Waals surface area (Å²) < 4.78 is 5.28. The van der Waals surface area contributed by atoms with Gasteiger partial charge in [0.1, 0.15) is 6.29 Å². The van der Waals surface area contributed by atoms with Crippen LogP contribution in [0.15, 0.2) is 18.2 Å². The number of aromatic hydroxyl groups is 1. The van der Waals surface area contributed by atoms with Gasteiger partial charge in [0.05, 0.1) is 6.10 Å². The SMILES string of the molecule is CC(C)Oc1cc(C=O)ccc1O. The Kier molecular flexibility index (Phi) is 2.90. The van der Waals surface area contributed by atoms with E-state index in [1.807, 2.05) is 13.8 Å². The van der Waals surface area contributed by atoms with Crippen LogP contribution in [0.5, 0.6) is 11.5 Å². The van der Waals surface area contributed by atoms with Gasteiger partial charge in [0.25, 0.3) is 0 Å². The van der Waals surface area contributed by atoms with Gasteiger partial charge < -0.3 is 9.84 Å². The number of aldehydes is 1. The van der Waals surface area contributed by atoms with Crippen molar-refractivity contribution in [2.75, 3.05) is 0 Å². The summed E-state index contributed by atoms with van der Waals surface area (Å²) in [4.78, 5) is 10.4. The van der Waals surface area contributed by atoms with Crippen LogP contribution in [-0.4, -0.2) is 17.5 Å². The van der Waals surface area contributed by atoms with E-state index in [1.54, 1.807) is 0 Å². The predicted octanol–water partition coefficient (Wildman–Crippen LogP) is 1.99. The molecule has 1 N–H and O–H groups in total. The third-order valence-corrected chi connectivity index (χ3v) is 1.48. The van der Waals surface area contributed by atoms with Crippen molar-refractivity contribution < 1.29 is 14.6 Å². The number of hydrogen-bond acceptors (Lipinski definition) is 3. The number of carbonyl (C=O) groups is 1. The zero-order chi connectivity index (χ0) is 9.84. The van der Waals surface area contributed by atoms with Gasteiger partial charge in [0, 0.05) is 5.56 Å². The second-order valence-corrected chi connectivity index (χ2v) is 3.01. The molecule has 0 aliphatic heterocycles. The number of ether oxygens (including phenoxy) is 1. The molecule has 70 valence electrons. The van der Waals surface area contributed by atoms with E-state index in [0.29, 0.717) is 17.6 Å². The standard InChI is InChI=1S/C10H12O3/c1-7(2)13-10-5-8(6-11)3-4-9(10)12/h3-7,12H,1-2H3. The van der Waals surface area contributed by atoms with Crippen LogP contribution in [0.1, 0.15) is 24.2 Å². The normalized spacial score (nSPS) is 10.1. The second-order valence-electron chi connectivity index (χ2n) is 3.01. The van der Waals surface area contributed by atoms with Gasteiger partial charge in [0.2, 0.25) is 0 Å². The Labute approximate surface area is 77.0 Å². The average molecular weight is 180 g/mol. The summed E-state index contributed by atoms with van der Waals surface area (Å²) >= 11 is 0. The lowest BCUT2D eigenvalue weighted by atomic mass is 10.2. The molecule has 0 fully saturated rings. The molecule has 0 saturated carbocycles. The first-order chi connectivity index (χ1) is 6.13.